The summed E-state index contributed by atoms with van der Waals surface area (Å²) in [5, 5.41) is 12.6. The smallest absolute Gasteiger partial charge is 0.339 e. The molecule has 10 heteroatoms. The Labute approximate surface area is 210 Å². The monoisotopic (exact) mass is 560 g/mol. The summed E-state index contributed by atoms with van der Waals surface area (Å²) in [4.78, 5) is 12.5. The van der Waals surface area contributed by atoms with Crippen LogP contribution >= 0.6 is 27.5 Å². The third kappa shape index (κ3) is 5.97. The molecule has 0 spiro atoms. The molecule has 0 unspecified atom stereocenters. The van der Waals surface area contributed by atoms with E-state index in [-0.39, 0.29) is 26.4 Å². The highest BCUT2D eigenvalue weighted by atomic mass is 79.9. The molecule has 7 nitrogen and oxygen atoms in total. The molecule has 34 heavy (non-hydrogen) atoms. The van der Waals surface area contributed by atoms with E-state index in [0.717, 1.165) is 5.56 Å². The highest BCUT2D eigenvalue weighted by Crippen LogP contribution is 2.39. The van der Waals surface area contributed by atoms with E-state index in [9.17, 15) is 18.5 Å². The maximum absolute atomic E-state index is 12.7. The number of nitriles is 1. The molecule has 0 aliphatic carbocycles. The van der Waals surface area contributed by atoms with Gasteiger partial charge in [0.25, 0.3) is 5.91 Å². The number of rotatable bonds is 7. The molecule has 0 atom stereocenters. The summed E-state index contributed by atoms with van der Waals surface area (Å²) < 4.78 is 36.2. The maximum Gasteiger partial charge on any atom is 0.339 e. The van der Waals surface area contributed by atoms with E-state index >= 15 is 0 Å². The minimum atomic E-state index is -4.18. The summed E-state index contributed by atoms with van der Waals surface area (Å²) in [6.07, 6.45) is 1.36. The zero-order valence-electron chi connectivity index (χ0n) is 18.0. The van der Waals surface area contributed by atoms with E-state index in [1.54, 1.807) is 12.1 Å². The van der Waals surface area contributed by atoms with Gasteiger partial charge in [-0.2, -0.15) is 13.7 Å². The van der Waals surface area contributed by atoms with Crippen LogP contribution in [0.25, 0.3) is 6.08 Å². The van der Waals surface area contributed by atoms with Crippen molar-refractivity contribution in [3.8, 4) is 17.6 Å². The van der Waals surface area contributed by atoms with Crippen molar-refractivity contribution in [3.63, 3.8) is 0 Å². The molecule has 0 heterocycles. The van der Waals surface area contributed by atoms with Crippen molar-refractivity contribution in [3.05, 3.63) is 86.9 Å². The SMILES string of the molecule is COc1cc(/C=C(\C#N)C(=O)Nc2ccccc2C)cc(Br)c1OS(=O)(=O)c1ccc(Cl)cc1. The summed E-state index contributed by atoms with van der Waals surface area (Å²) >= 11 is 9.11. The summed E-state index contributed by atoms with van der Waals surface area (Å²) in [7, 11) is -2.84. The van der Waals surface area contributed by atoms with Crippen LogP contribution in [-0.4, -0.2) is 21.4 Å². The number of nitrogens with zero attached hydrogens (tertiary/aromatic N) is 1. The number of methoxy groups -OCH3 is 1. The molecule has 3 rings (SSSR count). The van der Waals surface area contributed by atoms with Gasteiger partial charge in [-0.05, 0) is 82.5 Å². The lowest BCUT2D eigenvalue weighted by Crippen LogP contribution is -2.14. The predicted molar refractivity (Wildman–Crippen MR) is 133 cm³/mol. The fourth-order valence-electron chi connectivity index (χ4n) is 2.88. The van der Waals surface area contributed by atoms with Crippen molar-refractivity contribution in [2.75, 3.05) is 12.4 Å². The number of hydrogen-bond acceptors (Lipinski definition) is 6. The van der Waals surface area contributed by atoms with Crippen LogP contribution in [0.15, 0.2) is 75.6 Å². The Morgan fingerprint density at radius 3 is 2.44 bits per heavy atom. The van der Waals surface area contributed by atoms with Gasteiger partial charge >= 0.3 is 10.1 Å². The molecule has 1 N–H and O–H groups in total. The van der Waals surface area contributed by atoms with E-state index in [1.807, 2.05) is 25.1 Å². The van der Waals surface area contributed by atoms with Gasteiger partial charge in [-0.15, -0.1) is 0 Å². The summed E-state index contributed by atoms with van der Waals surface area (Å²) in [5.74, 6) is -0.593. The molecule has 3 aromatic rings. The summed E-state index contributed by atoms with van der Waals surface area (Å²) in [5.41, 5.74) is 1.70. The molecule has 0 saturated heterocycles. The van der Waals surface area contributed by atoms with Gasteiger partial charge in [-0.25, -0.2) is 0 Å². The van der Waals surface area contributed by atoms with E-state index in [0.29, 0.717) is 16.3 Å². The number of hydrogen-bond donors (Lipinski definition) is 1. The molecule has 3 aromatic carbocycles. The van der Waals surface area contributed by atoms with E-state index in [2.05, 4.69) is 21.2 Å². The second kappa shape index (κ2) is 10.7. The van der Waals surface area contributed by atoms with Gasteiger partial charge in [0.2, 0.25) is 0 Å². The third-order valence-corrected chi connectivity index (χ3v) is 6.69. The van der Waals surface area contributed by atoms with Crippen LogP contribution in [0.5, 0.6) is 11.5 Å². The number of anilines is 1. The second-order valence-corrected chi connectivity index (χ2v) is 9.80. The molecule has 0 saturated carbocycles. The number of para-hydroxylation sites is 1. The summed E-state index contributed by atoms with van der Waals surface area (Å²) in [6.45, 7) is 1.84. The fraction of sp³-hybridized carbons (Fsp3) is 0.0833. The standard InChI is InChI=1S/C24H18BrClN2O5S/c1-15-5-3-4-6-21(15)28-24(29)17(14-27)11-16-12-20(25)23(22(13-16)32-2)33-34(30,31)19-9-7-18(26)8-10-19/h3-13H,1-2H3,(H,28,29)/b17-11+. The number of carbonyl (C=O) groups excluding carboxylic acids is 1. The molecule has 1 amide bonds. The summed E-state index contributed by atoms with van der Waals surface area (Å²) in [6, 6.07) is 17.5. The van der Waals surface area contributed by atoms with Crippen molar-refractivity contribution >= 4 is 55.3 Å². The lowest BCUT2D eigenvalue weighted by Gasteiger charge is -2.14. The highest BCUT2D eigenvalue weighted by molar-refractivity contribution is 9.10. The molecular formula is C24H18BrClN2O5S. The molecule has 0 bridgehead atoms. The third-order valence-electron chi connectivity index (χ3n) is 4.62. The molecule has 0 aliphatic heterocycles. The van der Waals surface area contributed by atoms with Crippen molar-refractivity contribution in [2.24, 2.45) is 0 Å². The number of carbonyl (C=O) groups is 1. The van der Waals surface area contributed by atoms with Gasteiger partial charge in [0, 0.05) is 10.7 Å². The Morgan fingerprint density at radius 1 is 1.15 bits per heavy atom. The van der Waals surface area contributed by atoms with Crippen LogP contribution in [0.4, 0.5) is 5.69 Å². The van der Waals surface area contributed by atoms with Crippen molar-refractivity contribution < 1.29 is 22.1 Å². The maximum atomic E-state index is 12.7. The van der Waals surface area contributed by atoms with Crippen LogP contribution in [0.1, 0.15) is 11.1 Å². The van der Waals surface area contributed by atoms with Crippen molar-refractivity contribution in [1.29, 1.82) is 5.26 Å². The predicted octanol–water partition coefficient (Wildman–Crippen LogP) is 5.73. The van der Waals surface area contributed by atoms with Gasteiger partial charge in [0.1, 0.15) is 16.5 Å². The number of nitrogens with one attached hydrogen (secondary N) is 1. The molecule has 174 valence electrons. The Bertz CT molecular complexity index is 1410. The van der Waals surface area contributed by atoms with Crippen LogP contribution in [-0.2, 0) is 14.9 Å². The number of amides is 1. The normalized spacial score (nSPS) is 11.4. The van der Waals surface area contributed by atoms with E-state index in [1.165, 1.54) is 49.6 Å². The van der Waals surface area contributed by atoms with Crippen LogP contribution in [0.3, 0.4) is 0 Å². The first-order valence-corrected chi connectivity index (χ1v) is 12.3. The van der Waals surface area contributed by atoms with Gasteiger partial charge in [0.05, 0.1) is 11.6 Å². The first kappa shape index (κ1) is 25.3. The molecule has 0 fully saturated rings. The Balaban J connectivity index is 1.92. The minimum Gasteiger partial charge on any atom is -0.493 e. The van der Waals surface area contributed by atoms with Crippen molar-refractivity contribution in [1.82, 2.24) is 0 Å². The van der Waals surface area contributed by atoms with Crippen LogP contribution < -0.4 is 14.2 Å². The number of ether oxygens (including phenoxy) is 1. The van der Waals surface area contributed by atoms with Gasteiger partial charge in [-0.3, -0.25) is 4.79 Å². The largest absolute Gasteiger partial charge is 0.493 e. The zero-order chi connectivity index (χ0) is 24.9. The van der Waals surface area contributed by atoms with E-state index < -0.39 is 16.0 Å². The van der Waals surface area contributed by atoms with Gasteiger partial charge < -0.3 is 14.2 Å². The van der Waals surface area contributed by atoms with Gasteiger partial charge in [-0.1, -0.05) is 29.8 Å². The average molecular weight is 562 g/mol. The van der Waals surface area contributed by atoms with Crippen LogP contribution in [0.2, 0.25) is 5.02 Å². The quantitative estimate of drug-likeness (QED) is 0.224. The minimum absolute atomic E-state index is 0.0785. The topological polar surface area (TPSA) is 105 Å². The molecule has 0 aliphatic rings. The fourth-order valence-corrected chi connectivity index (χ4v) is 4.61. The Kier molecular flexibility index (Phi) is 7.99. The Hall–Kier alpha value is -3.32. The second-order valence-electron chi connectivity index (χ2n) is 6.96. The molecular weight excluding hydrogens is 544 g/mol. The van der Waals surface area contributed by atoms with Crippen molar-refractivity contribution in [2.45, 2.75) is 11.8 Å². The zero-order valence-corrected chi connectivity index (χ0v) is 21.2. The lowest BCUT2D eigenvalue weighted by molar-refractivity contribution is -0.112. The number of benzene rings is 3. The lowest BCUT2D eigenvalue weighted by atomic mass is 10.1. The van der Waals surface area contributed by atoms with Gasteiger partial charge in [0.15, 0.2) is 11.5 Å². The highest BCUT2D eigenvalue weighted by Gasteiger charge is 2.22. The molecule has 0 radical (unpaired) electrons. The average Bonchev–Trinajstić information content (AvgIpc) is 2.80. The molecule has 0 aromatic heterocycles. The first-order valence-electron chi connectivity index (χ1n) is 9.71. The van der Waals surface area contributed by atoms with E-state index in [4.69, 9.17) is 20.5 Å². The number of halogens is 2. The first-order chi connectivity index (χ1) is 16.1. The Morgan fingerprint density at radius 2 is 1.82 bits per heavy atom. The number of aryl methyl sites for hydroxylation is 1. The van der Waals surface area contributed by atoms with Crippen LogP contribution in [0, 0.1) is 18.3 Å².